The molecule has 0 spiro atoms. The van der Waals surface area contributed by atoms with E-state index in [0.717, 1.165) is 0 Å². The third-order valence-electron chi connectivity index (χ3n) is 3.73. The molecule has 108 valence electrons. The molecule has 20 heavy (non-hydrogen) atoms. The molecule has 1 aliphatic rings. The standard InChI is InChI=1S/C13H19BN2O4/c1-12(2)13(3,4)20-14(19-12)8-16-11(18)10-9(17)6-5-7-15-10/h5-7,17H,8H2,1-4H3,(H,16,18). The number of nitrogens with zero attached hydrogens (tertiary/aromatic N) is 1. The van der Waals surface area contributed by atoms with Gasteiger partial charge in [-0.3, -0.25) is 4.79 Å². The Kier molecular flexibility index (Phi) is 3.75. The Morgan fingerprint density at radius 2 is 1.95 bits per heavy atom. The molecule has 0 aromatic carbocycles. The number of hydrogen-bond acceptors (Lipinski definition) is 5. The summed E-state index contributed by atoms with van der Waals surface area (Å²) >= 11 is 0. The van der Waals surface area contributed by atoms with E-state index in [1.807, 2.05) is 27.7 Å². The van der Waals surface area contributed by atoms with Crippen molar-refractivity contribution in [2.45, 2.75) is 38.9 Å². The third-order valence-corrected chi connectivity index (χ3v) is 3.73. The van der Waals surface area contributed by atoms with Gasteiger partial charge in [0, 0.05) is 6.20 Å². The molecule has 0 radical (unpaired) electrons. The van der Waals surface area contributed by atoms with Crippen molar-refractivity contribution in [3.8, 4) is 5.75 Å². The van der Waals surface area contributed by atoms with Gasteiger partial charge in [0.15, 0.2) is 5.69 Å². The predicted molar refractivity (Wildman–Crippen MR) is 74.3 cm³/mol. The molecule has 0 unspecified atom stereocenters. The Bertz CT molecular complexity index is 503. The first-order chi connectivity index (χ1) is 9.23. The number of pyridine rings is 1. The molecule has 1 saturated heterocycles. The lowest BCUT2D eigenvalue weighted by molar-refractivity contribution is 0.00578. The molecule has 1 aliphatic heterocycles. The lowest BCUT2D eigenvalue weighted by Crippen LogP contribution is -2.41. The van der Waals surface area contributed by atoms with Gasteiger partial charge in [0.1, 0.15) is 5.75 Å². The van der Waals surface area contributed by atoms with Crippen LogP contribution in [0.2, 0.25) is 0 Å². The molecule has 0 aliphatic carbocycles. The molecule has 2 rings (SSSR count). The van der Waals surface area contributed by atoms with E-state index in [1.165, 1.54) is 12.3 Å². The summed E-state index contributed by atoms with van der Waals surface area (Å²) in [7, 11) is -0.519. The SMILES string of the molecule is CC1(C)OB(CNC(=O)c2ncccc2O)OC1(C)C. The van der Waals surface area contributed by atoms with E-state index >= 15 is 0 Å². The maximum Gasteiger partial charge on any atom is 0.478 e. The Hall–Kier alpha value is -1.60. The number of nitrogens with one attached hydrogen (secondary N) is 1. The Morgan fingerprint density at radius 1 is 1.35 bits per heavy atom. The van der Waals surface area contributed by atoms with Crippen molar-refractivity contribution in [3.05, 3.63) is 24.0 Å². The van der Waals surface area contributed by atoms with E-state index < -0.39 is 24.2 Å². The molecule has 2 N–H and O–H groups in total. The van der Waals surface area contributed by atoms with Gasteiger partial charge >= 0.3 is 7.12 Å². The van der Waals surface area contributed by atoms with Crippen LogP contribution in [0.25, 0.3) is 0 Å². The topological polar surface area (TPSA) is 80.7 Å². The lowest BCUT2D eigenvalue weighted by Gasteiger charge is -2.32. The van der Waals surface area contributed by atoms with Crippen LogP contribution in [0.4, 0.5) is 0 Å². The predicted octanol–water partition coefficient (Wildman–Crippen LogP) is 1.15. The first kappa shape index (κ1) is 14.8. The lowest BCUT2D eigenvalue weighted by atomic mass is 9.90. The number of hydrogen-bond donors (Lipinski definition) is 2. The minimum absolute atomic E-state index is 0.0102. The van der Waals surface area contributed by atoms with E-state index in [0.29, 0.717) is 0 Å². The van der Waals surface area contributed by atoms with Crippen molar-refractivity contribution in [2.24, 2.45) is 0 Å². The smallest absolute Gasteiger partial charge is 0.478 e. The van der Waals surface area contributed by atoms with E-state index in [1.54, 1.807) is 6.07 Å². The molecule has 0 bridgehead atoms. The van der Waals surface area contributed by atoms with Gasteiger partial charge in [-0.25, -0.2) is 4.98 Å². The summed E-state index contributed by atoms with van der Waals surface area (Å²) in [5, 5.41) is 12.2. The molecule has 2 heterocycles. The zero-order valence-electron chi connectivity index (χ0n) is 12.1. The summed E-state index contributed by atoms with van der Waals surface area (Å²) in [6.07, 6.45) is 1.64. The number of amides is 1. The summed E-state index contributed by atoms with van der Waals surface area (Å²) in [6.45, 7) is 7.78. The van der Waals surface area contributed by atoms with Crippen molar-refractivity contribution in [3.63, 3.8) is 0 Å². The number of carbonyl (C=O) groups excluding carboxylic acids is 1. The van der Waals surface area contributed by atoms with Crippen molar-refractivity contribution in [1.82, 2.24) is 10.3 Å². The van der Waals surface area contributed by atoms with Crippen molar-refractivity contribution in [1.29, 1.82) is 0 Å². The van der Waals surface area contributed by atoms with Gasteiger partial charge in [-0.15, -0.1) is 0 Å². The summed E-state index contributed by atoms with van der Waals surface area (Å²) in [5.41, 5.74) is -0.880. The Labute approximate surface area is 118 Å². The number of aromatic hydroxyl groups is 1. The van der Waals surface area contributed by atoms with Crippen LogP contribution in [0, 0.1) is 0 Å². The van der Waals surface area contributed by atoms with Crippen LogP contribution in [-0.4, -0.2) is 40.8 Å². The van der Waals surface area contributed by atoms with Crippen LogP contribution in [0.3, 0.4) is 0 Å². The van der Waals surface area contributed by atoms with Crippen molar-refractivity contribution >= 4 is 13.0 Å². The van der Waals surface area contributed by atoms with Gasteiger partial charge in [0.25, 0.3) is 5.91 Å². The van der Waals surface area contributed by atoms with Crippen molar-refractivity contribution < 1.29 is 19.2 Å². The van der Waals surface area contributed by atoms with Gasteiger partial charge in [-0.2, -0.15) is 0 Å². The highest BCUT2D eigenvalue weighted by atomic mass is 16.7. The summed E-state index contributed by atoms with van der Waals surface area (Å²) in [4.78, 5) is 15.7. The first-order valence-corrected chi connectivity index (χ1v) is 6.51. The molecule has 1 amide bonds. The Balaban J connectivity index is 1.95. The van der Waals surface area contributed by atoms with Gasteiger partial charge in [-0.1, -0.05) is 0 Å². The average molecular weight is 278 g/mol. The molecule has 1 fully saturated rings. The van der Waals surface area contributed by atoms with Crippen LogP contribution in [0.1, 0.15) is 38.2 Å². The fraction of sp³-hybridized carbons (Fsp3) is 0.538. The molecule has 7 heteroatoms. The second-order valence-electron chi connectivity index (χ2n) is 5.77. The average Bonchev–Trinajstić information content (AvgIpc) is 2.55. The fourth-order valence-corrected chi connectivity index (χ4v) is 1.88. The van der Waals surface area contributed by atoms with Crippen LogP contribution in [0.15, 0.2) is 18.3 Å². The van der Waals surface area contributed by atoms with E-state index in [9.17, 15) is 9.90 Å². The molecule has 1 aromatic rings. The summed E-state index contributed by atoms with van der Waals surface area (Å²) in [5.74, 6) is -0.614. The number of rotatable bonds is 3. The highest BCUT2D eigenvalue weighted by Gasteiger charge is 2.50. The number of aromatic nitrogens is 1. The van der Waals surface area contributed by atoms with Crippen LogP contribution in [-0.2, 0) is 9.31 Å². The molecular weight excluding hydrogens is 259 g/mol. The van der Waals surface area contributed by atoms with E-state index in [2.05, 4.69) is 10.3 Å². The van der Waals surface area contributed by atoms with Crippen molar-refractivity contribution in [2.75, 3.05) is 6.44 Å². The fourth-order valence-electron chi connectivity index (χ4n) is 1.88. The zero-order valence-corrected chi connectivity index (χ0v) is 12.1. The second-order valence-corrected chi connectivity index (χ2v) is 5.77. The van der Waals surface area contributed by atoms with Crippen LogP contribution >= 0.6 is 0 Å². The maximum absolute atomic E-state index is 11.9. The van der Waals surface area contributed by atoms with Crippen LogP contribution in [0.5, 0.6) is 5.75 Å². The van der Waals surface area contributed by atoms with Gasteiger partial charge < -0.3 is 19.7 Å². The molecule has 6 nitrogen and oxygen atoms in total. The van der Waals surface area contributed by atoms with Crippen LogP contribution < -0.4 is 5.32 Å². The summed E-state index contributed by atoms with van der Waals surface area (Å²) in [6, 6.07) is 2.97. The monoisotopic (exact) mass is 278 g/mol. The maximum atomic E-state index is 11.9. The molecule has 0 atom stereocenters. The highest BCUT2D eigenvalue weighted by molar-refractivity contribution is 6.46. The molecule has 1 aromatic heterocycles. The van der Waals surface area contributed by atoms with Gasteiger partial charge in [0.05, 0.1) is 17.6 Å². The third kappa shape index (κ3) is 2.78. The highest BCUT2D eigenvalue weighted by Crippen LogP contribution is 2.36. The summed E-state index contributed by atoms with van der Waals surface area (Å²) < 4.78 is 11.5. The van der Waals surface area contributed by atoms with E-state index in [-0.39, 0.29) is 17.9 Å². The van der Waals surface area contributed by atoms with Gasteiger partial charge in [0.2, 0.25) is 0 Å². The van der Waals surface area contributed by atoms with E-state index in [4.69, 9.17) is 9.31 Å². The Morgan fingerprint density at radius 3 is 2.50 bits per heavy atom. The molecule has 0 saturated carbocycles. The molecular formula is C13H19BN2O4. The largest absolute Gasteiger partial charge is 0.505 e. The second kappa shape index (κ2) is 5.07. The quantitative estimate of drug-likeness (QED) is 0.811. The van der Waals surface area contributed by atoms with Gasteiger partial charge in [-0.05, 0) is 39.8 Å². The minimum atomic E-state index is -0.519. The number of carbonyl (C=O) groups is 1. The first-order valence-electron chi connectivity index (χ1n) is 6.51. The minimum Gasteiger partial charge on any atom is -0.505 e. The zero-order chi connectivity index (χ0) is 15.0. The normalized spacial score (nSPS) is 19.9.